The van der Waals surface area contributed by atoms with Gasteiger partial charge in [0, 0.05) is 43.8 Å². The van der Waals surface area contributed by atoms with Gasteiger partial charge in [-0.15, -0.1) is 0 Å². The lowest BCUT2D eigenvalue weighted by Gasteiger charge is -2.32. The Kier molecular flexibility index (Phi) is 6.77. The topological polar surface area (TPSA) is 57.4 Å². The molecule has 0 fully saturated rings. The van der Waals surface area contributed by atoms with Gasteiger partial charge in [0.25, 0.3) is 0 Å². The number of allylic oxidation sites excluding steroid dienone is 8. The Hall–Kier alpha value is -6.36. The van der Waals surface area contributed by atoms with E-state index in [4.69, 9.17) is 0 Å². The molecule has 5 aromatic carbocycles. The van der Waals surface area contributed by atoms with Crippen LogP contribution in [-0.4, -0.2) is 9.13 Å². The van der Waals surface area contributed by atoms with E-state index in [0.29, 0.717) is 11.1 Å². The van der Waals surface area contributed by atoms with E-state index in [1.54, 1.807) is 0 Å². The van der Waals surface area contributed by atoms with E-state index >= 15 is 0 Å². The lowest BCUT2D eigenvalue weighted by atomic mass is 9.85. The fourth-order valence-electron chi connectivity index (χ4n) is 8.37. The summed E-state index contributed by atoms with van der Waals surface area (Å²) >= 11 is 0. The number of aryl methyl sites for hydroxylation is 1. The number of rotatable bonds is 4. The maximum atomic E-state index is 10.2. The molecule has 0 saturated heterocycles. The van der Waals surface area contributed by atoms with Crippen LogP contribution in [0.25, 0.3) is 60.4 Å². The normalized spacial score (nSPS) is 17.5. The summed E-state index contributed by atoms with van der Waals surface area (Å²) < 4.78 is 4.82. The second-order valence-electron chi connectivity index (χ2n) is 13.7. The van der Waals surface area contributed by atoms with Crippen molar-refractivity contribution in [2.75, 3.05) is 0 Å². The average molecular weight is 643 g/mol. The molecule has 2 aliphatic carbocycles. The third-order valence-electron chi connectivity index (χ3n) is 10.7. The quantitative estimate of drug-likeness (QED) is 0.192. The minimum atomic E-state index is -0.353. The van der Waals surface area contributed by atoms with Crippen LogP contribution in [0.3, 0.4) is 0 Å². The number of benzene rings is 5. The van der Waals surface area contributed by atoms with Crippen LogP contribution >= 0.6 is 0 Å². The fraction of sp³-hybridized carbons (Fsp3) is 0.130. The van der Waals surface area contributed by atoms with E-state index in [0.717, 1.165) is 41.5 Å². The highest BCUT2D eigenvalue weighted by Crippen LogP contribution is 2.46. The van der Waals surface area contributed by atoms with Crippen LogP contribution in [0.5, 0.6) is 0 Å². The summed E-state index contributed by atoms with van der Waals surface area (Å²) in [6.45, 7) is 4.42. The number of nitriles is 2. The monoisotopic (exact) mass is 642 g/mol. The average Bonchev–Trinajstić information content (AvgIpc) is 3.68. The molecule has 7 aromatic rings. The first-order valence-electron chi connectivity index (χ1n) is 17.3. The third kappa shape index (κ3) is 4.36. The molecule has 9 rings (SSSR count). The van der Waals surface area contributed by atoms with Gasteiger partial charge in [0.05, 0.1) is 39.4 Å². The van der Waals surface area contributed by atoms with Crippen molar-refractivity contribution in [3.05, 3.63) is 161 Å². The van der Waals surface area contributed by atoms with E-state index in [9.17, 15) is 10.5 Å². The molecule has 50 heavy (non-hydrogen) atoms. The molecule has 4 nitrogen and oxygen atoms in total. The zero-order valence-corrected chi connectivity index (χ0v) is 28.1. The molecular weight excluding hydrogens is 609 g/mol. The number of hydrogen-bond donors (Lipinski definition) is 0. The minimum absolute atomic E-state index is 0.353. The molecule has 0 radical (unpaired) electrons. The minimum Gasteiger partial charge on any atom is -0.330 e. The Morgan fingerprint density at radius 3 is 2.26 bits per heavy atom. The predicted octanol–water partition coefficient (Wildman–Crippen LogP) is 11.5. The van der Waals surface area contributed by atoms with Gasteiger partial charge in [-0.05, 0) is 80.7 Å². The molecule has 238 valence electrons. The number of nitrogens with zero attached hydrogens (tertiary/aromatic N) is 4. The molecule has 0 amide bonds. The highest BCUT2D eigenvalue weighted by atomic mass is 15.1. The maximum Gasteiger partial charge on any atom is 0.101 e. The van der Waals surface area contributed by atoms with Crippen molar-refractivity contribution in [3.63, 3.8) is 0 Å². The molecular formula is C46H34N4. The van der Waals surface area contributed by atoms with Crippen LogP contribution in [-0.2, 0) is 5.54 Å². The molecule has 0 saturated carbocycles. The Labute approximate surface area is 291 Å². The fourth-order valence-corrected chi connectivity index (χ4v) is 8.37. The summed E-state index contributed by atoms with van der Waals surface area (Å²) in [6.07, 6.45) is 13.5. The van der Waals surface area contributed by atoms with E-state index in [2.05, 4.69) is 144 Å². The Morgan fingerprint density at radius 1 is 0.700 bits per heavy atom. The van der Waals surface area contributed by atoms with Gasteiger partial charge in [-0.25, -0.2) is 0 Å². The first kappa shape index (κ1) is 29.8. The van der Waals surface area contributed by atoms with Crippen LogP contribution < -0.4 is 0 Å². The van der Waals surface area contributed by atoms with Gasteiger partial charge >= 0.3 is 0 Å². The van der Waals surface area contributed by atoms with Gasteiger partial charge in [-0.3, -0.25) is 0 Å². The van der Waals surface area contributed by atoms with Crippen LogP contribution in [0, 0.1) is 29.6 Å². The second-order valence-corrected chi connectivity index (χ2v) is 13.7. The molecule has 4 heteroatoms. The molecule has 1 unspecified atom stereocenters. The molecule has 0 aliphatic heterocycles. The van der Waals surface area contributed by atoms with Gasteiger partial charge in [0.2, 0.25) is 0 Å². The SMILES string of the molecule is Cc1ccc2c(c1)c1cccc(C3=C(c4cccc5c6ccccc6n(C6(C)C=CC(C#N)=CC6)c45)CCC=C3)c1n2-c1ccccc1C#N. The molecule has 2 aliphatic rings. The van der Waals surface area contributed by atoms with E-state index in [1.807, 2.05) is 24.3 Å². The smallest absolute Gasteiger partial charge is 0.101 e. The number of para-hydroxylation sites is 4. The summed E-state index contributed by atoms with van der Waals surface area (Å²) in [5.41, 5.74) is 12.6. The largest absolute Gasteiger partial charge is 0.330 e. The standard InChI is InChI=1S/C46H34N4/c1-30-21-22-42-40(27-30)39-18-9-15-36(44(39)49(42)41-19-7-3-11-32(41)29-48)33-12-4-5-13-34(33)37-16-10-17-38-35-14-6-8-20-43(35)50(45(37)38)46(2)25-23-31(28-47)24-26-46/h3-4,6-12,14-25,27H,5,13,26H2,1-2H3. The summed E-state index contributed by atoms with van der Waals surface area (Å²) in [7, 11) is 0. The number of aromatic nitrogens is 2. The molecule has 0 bridgehead atoms. The molecule has 1 atom stereocenters. The summed E-state index contributed by atoms with van der Waals surface area (Å²) in [5.74, 6) is 0. The highest BCUT2D eigenvalue weighted by Gasteiger charge is 2.31. The van der Waals surface area contributed by atoms with Crippen molar-refractivity contribution in [3.8, 4) is 17.8 Å². The van der Waals surface area contributed by atoms with Crippen LogP contribution in [0.2, 0.25) is 0 Å². The van der Waals surface area contributed by atoms with Crippen LogP contribution in [0.1, 0.15) is 48.4 Å². The van der Waals surface area contributed by atoms with Gasteiger partial charge < -0.3 is 9.13 Å². The molecule has 2 aromatic heterocycles. The van der Waals surface area contributed by atoms with Crippen molar-refractivity contribution < 1.29 is 0 Å². The first-order valence-corrected chi connectivity index (χ1v) is 17.3. The number of hydrogen-bond acceptors (Lipinski definition) is 2. The van der Waals surface area contributed by atoms with Crippen LogP contribution in [0.4, 0.5) is 0 Å². The zero-order valence-electron chi connectivity index (χ0n) is 28.1. The van der Waals surface area contributed by atoms with E-state index < -0.39 is 0 Å². The molecule has 0 spiro atoms. The van der Waals surface area contributed by atoms with Crippen LogP contribution in [0.15, 0.2) is 139 Å². The van der Waals surface area contributed by atoms with Crippen molar-refractivity contribution >= 4 is 54.8 Å². The second kappa shape index (κ2) is 11.4. The summed E-state index contributed by atoms with van der Waals surface area (Å²) in [6, 6.07) is 41.4. The van der Waals surface area contributed by atoms with Crippen molar-refractivity contribution in [2.45, 2.75) is 38.6 Å². The van der Waals surface area contributed by atoms with Gasteiger partial charge in [0.1, 0.15) is 6.07 Å². The Morgan fingerprint density at radius 2 is 1.46 bits per heavy atom. The van der Waals surface area contributed by atoms with E-state index in [-0.39, 0.29) is 5.54 Å². The van der Waals surface area contributed by atoms with E-state index in [1.165, 1.54) is 54.9 Å². The maximum absolute atomic E-state index is 10.2. The lowest BCUT2D eigenvalue weighted by molar-refractivity contribution is 0.436. The highest BCUT2D eigenvalue weighted by molar-refractivity contribution is 6.17. The molecule has 2 heterocycles. The predicted molar refractivity (Wildman–Crippen MR) is 206 cm³/mol. The molecule has 0 N–H and O–H groups in total. The zero-order chi connectivity index (χ0) is 34.0. The number of fused-ring (bicyclic) bond motifs is 6. The third-order valence-corrected chi connectivity index (χ3v) is 10.7. The summed E-state index contributed by atoms with van der Waals surface area (Å²) in [4.78, 5) is 0. The van der Waals surface area contributed by atoms with Gasteiger partial charge in [-0.1, -0.05) is 103 Å². The Bertz CT molecular complexity index is 2780. The first-order chi connectivity index (χ1) is 24.5. The van der Waals surface area contributed by atoms with Crippen molar-refractivity contribution in [1.82, 2.24) is 9.13 Å². The van der Waals surface area contributed by atoms with Gasteiger partial charge in [-0.2, -0.15) is 10.5 Å². The van der Waals surface area contributed by atoms with Crippen molar-refractivity contribution in [2.24, 2.45) is 0 Å². The summed E-state index contributed by atoms with van der Waals surface area (Å²) in [5, 5.41) is 24.7. The Balaban J connectivity index is 1.39. The lowest BCUT2D eigenvalue weighted by Crippen LogP contribution is -2.28. The van der Waals surface area contributed by atoms with Gasteiger partial charge in [0.15, 0.2) is 0 Å². The van der Waals surface area contributed by atoms with Crippen molar-refractivity contribution in [1.29, 1.82) is 10.5 Å².